The Kier molecular flexibility index (Phi) is 3.97. The summed E-state index contributed by atoms with van der Waals surface area (Å²) in [5.74, 6) is 0. The molecule has 1 aromatic heterocycles. The van der Waals surface area contributed by atoms with Crippen molar-refractivity contribution in [3.8, 4) is 11.3 Å². The first-order valence-corrected chi connectivity index (χ1v) is 6.17. The minimum absolute atomic E-state index is 0.248. The third-order valence-electron chi connectivity index (χ3n) is 2.42. The average Bonchev–Trinajstić information content (AvgIpc) is 2.30. The average molecular weight is 304 g/mol. The highest BCUT2D eigenvalue weighted by molar-refractivity contribution is 6.41. The number of nitrogens with zero attached hydrogens (tertiary/aromatic N) is 1. The van der Waals surface area contributed by atoms with Gasteiger partial charge in [-0.1, -0.05) is 34.8 Å². The number of nitrogens with two attached hydrogens (primary N) is 1. The van der Waals surface area contributed by atoms with Crippen LogP contribution in [0, 0.1) is 0 Å². The predicted molar refractivity (Wildman–Crippen MR) is 75.0 cm³/mol. The molecule has 0 aliphatic carbocycles. The number of anilines is 1. The molecule has 0 saturated heterocycles. The van der Waals surface area contributed by atoms with Gasteiger partial charge in [-0.05, 0) is 24.3 Å². The molecule has 0 unspecified atom stereocenters. The zero-order chi connectivity index (χ0) is 13.3. The maximum atomic E-state index is 9.14. The molecule has 2 aromatic rings. The van der Waals surface area contributed by atoms with Crippen LogP contribution >= 0.6 is 34.8 Å². The SMILES string of the molecule is Nc1ccc(-c2c(Cl)cc(Cl)cc2Cl)nc1CO. The Morgan fingerprint density at radius 2 is 1.72 bits per heavy atom. The molecule has 0 spiro atoms. The van der Waals surface area contributed by atoms with Gasteiger partial charge in [0, 0.05) is 10.6 Å². The summed E-state index contributed by atoms with van der Waals surface area (Å²) in [5, 5.41) is 10.4. The number of nitrogen functional groups attached to an aromatic ring is 1. The number of benzene rings is 1. The summed E-state index contributed by atoms with van der Waals surface area (Å²) in [4.78, 5) is 4.23. The molecule has 18 heavy (non-hydrogen) atoms. The van der Waals surface area contributed by atoms with E-state index < -0.39 is 0 Å². The molecule has 2 rings (SSSR count). The summed E-state index contributed by atoms with van der Waals surface area (Å²) < 4.78 is 0. The zero-order valence-corrected chi connectivity index (χ0v) is 11.4. The molecule has 0 aliphatic heterocycles. The molecule has 1 aromatic carbocycles. The molecule has 0 fully saturated rings. The minimum atomic E-state index is -0.248. The van der Waals surface area contributed by atoms with Crippen molar-refractivity contribution >= 4 is 40.5 Å². The highest BCUT2D eigenvalue weighted by Gasteiger charge is 2.13. The van der Waals surface area contributed by atoms with Crippen molar-refractivity contribution in [2.24, 2.45) is 0 Å². The molecular weight excluding hydrogens is 295 g/mol. The van der Waals surface area contributed by atoms with Gasteiger partial charge in [-0.15, -0.1) is 0 Å². The van der Waals surface area contributed by atoms with Crippen molar-refractivity contribution in [3.63, 3.8) is 0 Å². The molecule has 6 heteroatoms. The second-order valence-electron chi connectivity index (χ2n) is 3.63. The number of halogens is 3. The van der Waals surface area contributed by atoms with Gasteiger partial charge in [0.2, 0.25) is 0 Å². The number of aromatic nitrogens is 1. The first-order valence-electron chi connectivity index (χ1n) is 5.04. The summed E-state index contributed by atoms with van der Waals surface area (Å²) in [6.45, 7) is -0.248. The number of hydrogen-bond acceptors (Lipinski definition) is 3. The predicted octanol–water partition coefficient (Wildman–Crippen LogP) is 3.78. The highest BCUT2D eigenvalue weighted by Crippen LogP contribution is 2.36. The van der Waals surface area contributed by atoms with Crippen LogP contribution in [0.25, 0.3) is 11.3 Å². The van der Waals surface area contributed by atoms with Gasteiger partial charge in [-0.3, -0.25) is 0 Å². The highest BCUT2D eigenvalue weighted by atomic mass is 35.5. The van der Waals surface area contributed by atoms with Crippen LogP contribution in [0.15, 0.2) is 24.3 Å². The summed E-state index contributed by atoms with van der Waals surface area (Å²) >= 11 is 18.0. The lowest BCUT2D eigenvalue weighted by molar-refractivity contribution is 0.278. The third kappa shape index (κ3) is 2.54. The molecular formula is C12H9Cl3N2O. The van der Waals surface area contributed by atoms with E-state index in [0.717, 1.165) is 0 Å². The van der Waals surface area contributed by atoms with Crippen molar-refractivity contribution in [3.05, 3.63) is 45.0 Å². The van der Waals surface area contributed by atoms with E-state index in [0.29, 0.717) is 37.7 Å². The van der Waals surface area contributed by atoms with Crippen LogP contribution in [-0.2, 0) is 6.61 Å². The van der Waals surface area contributed by atoms with Crippen molar-refractivity contribution < 1.29 is 5.11 Å². The van der Waals surface area contributed by atoms with Crippen molar-refractivity contribution in [2.45, 2.75) is 6.61 Å². The summed E-state index contributed by atoms with van der Waals surface area (Å²) in [6.07, 6.45) is 0. The molecule has 94 valence electrons. The molecule has 0 amide bonds. The van der Waals surface area contributed by atoms with Crippen LogP contribution in [0.1, 0.15) is 5.69 Å². The fourth-order valence-electron chi connectivity index (χ4n) is 1.56. The standard InChI is InChI=1S/C12H9Cl3N2O/c13-6-3-7(14)12(8(15)4-6)10-2-1-9(16)11(5-18)17-10/h1-4,18H,5,16H2. The maximum absolute atomic E-state index is 9.14. The third-order valence-corrected chi connectivity index (χ3v) is 3.24. The fourth-order valence-corrected chi connectivity index (χ4v) is 2.58. The molecule has 0 aliphatic rings. The fraction of sp³-hybridized carbons (Fsp3) is 0.0833. The van der Waals surface area contributed by atoms with Gasteiger partial charge in [0.25, 0.3) is 0 Å². The van der Waals surface area contributed by atoms with Gasteiger partial charge in [-0.2, -0.15) is 0 Å². The van der Waals surface area contributed by atoms with Gasteiger partial charge in [0.1, 0.15) is 0 Å². The summed E-state index contributed by atoms with van der Waals surface area (Å²) in [6, 6.07) is 6.51. The monoisotopic (exact) mass is 302 g/mol. The number of aliphatic hydroxyl groups is 1. The lowest BCUT2D eigenvalue weighted by Gasteiger charge is -2.09. The molecule has 0 atom stereocenters. The van der Waals surface area contributed by atoms with Crippen LogP contribution < -0.4 is 5.73 Å². The van der Waals surface area contributed by atoms with E-state index in [1.165, 1.54) is 0 Å². The van der Waals surface area contributed by atoms with E-state index in [9.17, 15) is 0 Å². The minimum Gasteiger partial charge on any atom is -0.397 e. The Bertz CT molecular complexity index is 579. The largest absolute Gasteiger partial charge is 0.397 e. The molecule has 1 heterocycles. The molecule has 0 radical (unpaired) electrons. The maximum Gasteiger partial charge on any atom is 0.0894 e. The molecule has 3 nitrogen and oxygen atoms in total. The van der Waals surface area contributed by atoms with Crippen LogP contribution in [0.5, 0.6) is 0 Å². The molecule has 0 bridgehead atoms. The summed E-state index contributed by atoms with van der Waals surface area (Å²) in [5.41, 5.74) is 7.58. The first-order chi connectivity index (χ1) is 8.52. The van der Waals surface area contributed by atoms with Crippen molar-refractivity contribution in [2.75, 3.05) is 5.73 Å². The van der Waals surface area contributed by atoms with Gasteiger partial charge in [0.05, 0.1) is 33.7 Å². The van der Waals surface area contributed by atoms with E-state index >= 15 is 0 Å². The van der Waals surface area contributed by atoms with Crippen LogP contribution in [0.3, 0.4) is 0 Å². The lowest BCUT2D eigenvalue weighted by atomic mass is 10.1. The van der Waals surface area contributed by atoms with Gasteiger partial charge < -0.3 is 10.8 Å². The Morgan fingerprint density at radius 3 is 2.28 bits per heavy atom. The smallest absolute Gasteiger partial charge is 0.0894 e. The van der Waals surface area contributed by atoms with Gasteiger partial charge in [0.15, 0.2) is 0 Å². The van der Waals surface area contributed by atoms with E-state index in [1.807, 2.05) is 0 Å². The van der Waals surface area contributed by atoms with Crippen molar-refractivity contribution in [1.29, 1.82) is 0 Å². The number of pyridine rings is 1. The Morgan fingerprint density at radius 1 is 1.11 bits per heavy atom. The summed E-state index contributed by atoms with van der Waals surface area (Å²) in [7, 11) is 0. The number of aliphatic hydroxyl groups excluding tert-OH is 1. The van der Waals surface area contributed by atoms with E-state index in [4.69, 9.17) is 45.6 Å². The van der Waals surface area contributed by atoms with Gasteiger partial charge >= 0.3 is 0 Å². The number of rotatable bonds is 2. The van der Waals surface area contributed by atoms with E-state index in [2.05, 4.69) is 4.98 Å². The first kappa shape index (κ1) is 13.4. The van der Waals surface area contributed by atoms with Gasteiger partial charge in [-0.25, -0.2) is 4.98 Å². The lowest BCUT2D eigenvalue weighted by Crippen LogP contribution is -1.99. The Labute approximate surface area is 119 Å². The second-order valence-corrected chi connectivity index (χ2v) is 4.89. The molecule has 0 saturated carbocycles. The van der Waals surface area contributed by atoms with Crippen molar-refractivity contribution in [1.82, 2.24) is 4.98 Å². The molecule has 3 N–H and O–H groups in total. The normalized spacial score (nSPS) is 10.7. The zero-order valence-electron chi connectivity index (χ0n) is 9.12. The second kappa shape index (κ2) is 5.33. The van der Waals surface area contributed by atoms with E-state index in [1.54, 1.807) is 24.3 Å². The van der Waals surface area contributed by atoms with Crippen LogP contribution in [0.2, 0.25) is 15.1 Å². The topological polar surface area (TPSA) is 59.1 Å². The van der Waals surface area contributed by atoms with E-state index in [-0.39, 0.29) is 6.61 Å². The number of hydrogen-bond donors (Lipinski definition) is 2. The Balaban J connectivity index is 2.62. The van der Waals surface area contributed by atoms with Crippen LogP contribution in [0.4, 0.5) is 5.69 Å². The quantitative estimate of drug-likeness (QED) is 0.887. The van der Waals surface area contributed by atoms with Crippen LogP contribution in [-0.4, -0.2) is 10.1 Å². The Hall–Kier alpha value is -1.00.